The lowest BCUT2D eigenvalue weighted by atomic mass is 10.1. The van der Waals surface area contributed by atoms with E-state index in [1.54, 1.807) is 35.9 Å². The lowest BCUT2D eigenvalue weighted by Crippen LogP contribution is -2.37. The summed E-state index contributed by atoms with van der Waals surface area (Å²) < 4.78 is 6.90. The van der Waals surface area contributed by atoms with Crippen LogP contribution in [0.4, 0.5) is 0 Å². The van der Waals surface area contributed by atoms with Gasteiger partial charge in [0.15, 0.2) is 0 Å². The van der Waals surface area contributed by atoms with Gasteiger partial charge >= 0.3 is 5.97 Å². The second-order valence-electron chi connectivity index (χ2n) is 6.72. The third-order valence-corrected chi connectivity index (χ3v) is 4.78. The van der Waals surface area contributed by atoms with E-state index in [0.717, 1.165) is 22.6 Å². The number of carboxylic acids is 1. The lowest BCUT2D eigenvalue weighted by Gasteiger charge is -2.24. The highest BCUT2D eigenvalue weighted by molar-refractivity contribution is 5.94. The number of hydrogen-bond acceptors (Lipinski definition) is 4. The van der Waals surface area contributed by atoms with E-state index in [0.29, 0.717) is 18.6 Å². The molecule has 1 amide bonds. The molecule has 0 spiro atoms. The molecule has 27 heavy (non-hydrogen) atoms. The van der Waals surface area contributed by atoms with E-state index in [1.807, 2.05) is 32.9 Å². The van der Waals surface area contributed by atoms with Crippen LogP contribution in [0.3, 0.4) is 0 Å². The van der Waals surface area contributed by atoms with Crippen molar-refractivity contribution < 1.29 is 19.4 Å². The molecule has 1 heterocycles. The van der Waals surface area contributed by atoms with Crippen molar-refractivity contribution in [3.8, 4) is 5.69 Å². The van der Waals surface area contributed by atoms with Gasteiger partial charge in [-0.15, -0.1) is 0 Å². The Kier molecular flexibility index (Phi) is 6.74. The molecular weight excluding hydrogens is 346 g/mol. The zero-order chi connectivity index (χ0) is 20.1. The Morgan fingerprint density at radius 1 is 1.26 bits per heavy atom. The summed E-state index contributed by atoms with van der Waals surface area (Å²) in [7, 11) is 3.37. The van der Waals surface area contributed by atoms with Gasteiger partial charge in [0.05, 0.1) is 24.0 Å². The summed E-state index contributed by atoms with van der Waals surface area (Å²) in [5.74, 6) is -0.891. The van der Waals surface area contributed by atoms with Crippen LogP contribution in [0, 0.1) is 13.8 Å². The fraction of sp³-hybridized carbons (Fsp3) is 0.450. The van der Waals surface area contributed by atoms with E-state index in [-0.39, 0.29) is 18.4 Å². The molecule has 1 atom stereocenters. The maximum absolute atomic E-state index is 12.6. The van der Waals surface area contributed by atoms with Crippen molar-refractivity contribution in [2.24, 2.45) is 0 Å². The predicted molar refractivity (Wildman–Crippen MR) is 102 cm³/mol. The summed E-state index contributed by atoms with van der Waals surface area (Å²) in [5.41, 5.74) is 4.12. The van der Waals surface area contributed by atoms with Crippen molar-refractivity contribution >= 4 is 11.9 Å². The maximum Gasteiger partial charge on any atom is 0.303 e. The molecule has 0 aliphatic carbocycles. The molecule has 0 radical (unpaired) electrons. The van der Waals surface area contributed by atoms with Crippen LogP contribution in [-0.2, 0) is 16.0 Å². The summed E-state index contributed by atoms with van der Waals surface area (Å²) in [6.45, 7) is 6.22. The third-order valence-electron chi connectivity index (χ3n) is 4.78. The summed E-state index contributed by atoms with van der Waals surface area (Å²) in [6, 6.07) is 7.24. The first-order chi connectivity index (χ1) is 12.8. The highest BCUT2D eigenvalue weighted by Gasteiger charge is 2.18. The number of nitrogens with zero attached hydrogens (tertiary/aromatic N) is 3. The molecule has 1 aromatic heterocycles. The van der Waals surface area contributed by atoms with Crippen LogP contribution in [0.25, 0.3) is 5.69 Å². The van der Waals surface area contributed by atoms with Crippen LogP contribution in [-0.4, -0.2) is 58.5 Å². The minimum absolute atomic E-state index is 0.0185. The number of amides is 1. The molecule has 2 aromatic rings. The quantitative estimate of drug-likeness (QED) is 0.769. The summed E-state index contributed by atoms with van der Waals surface area (Å²) in [5, 5.41) is 13.4. The predicted octanol–water partition coefficient (Wildman–Crippen LogP) is 2.61. The number of carbonyl (C=O) groups is 2. The van der Waals surface area contributed by atoms with E-state index in [1.165, 1.54) is 0 Å². The average Bonchev–Trinajstić information content (AvgIpc) is 2.93. The van der Waals surface area contributed by atoms with Crippen molar-refractivity contribution in [1.29, 1.82) is 0 Å². The van der Waals surface area contributed by atoms with Crippen LogP contribution in [0.5, 0.6) is 0 Å². The molecule has 2 rings (SSSR count). The molecule has 7 heteroatoms. The van der Waals surface area contributed by atoms with Crippen molar-refractivity contribution in [2.75, 3.05) is 20.8 Å². The zero-order valence-corrected chi connectivity index (χ0v) is 16.5. The van der Waals surface area contributed by atoms with Crippen LogP contribution >= 0.6 is 0 Å². The highest BCUT2D eigenvalue weighted by atomic mass is 16.5. The molecule has 1 aromatic carbocycles. The van der Waals surface area contributed by atoms with E-state index in [4.69, 9.17) is 9.84 Å². The molecular formula is C20H27N3O4. The van der Waals surface area contributed by atoms with Gasteiger partial charge in [0.25, 0.3) is 5.91 Å². The second-order valence-corrected chi connectivity index (χ2v) is 6.72. The van der Waals surface area contributed by atoms with E-state index in [2.05, 4.69) is 5.10 Å². The van der Waals surface area contributed by atoms with Crippen LogP contribution in [0.1, 0.15) is 40.7 Å². The number of methoxy groups -OCH3 is 1. The van der Waals surface area contributed by atoms with Gasteiger partial charge in [-0.3, -0.25) is 9.59 Å². The third kappa shape index (κ3) is 4.74. The number of rotatable bonds is 8. The number of aromatic nitrogens is 2. The highest BCUT2D eigenvalue weighted by Crippen LogP contribution is 2.20. The Bertz CT molecular complexity index is 811. The van der Waals surface area contributed by atoms with E-state index < -0.39 is 5.97 Å². The summed E-state index contributed by atoms with van der Waals surface area (Å²) >= 11 is 0. The maximum atomic E-state index is 12.6. The molecule has 0 fully saturated rings. The largest absolute Gasteiger partial charge is 0.481 e. The van der Waals surface area contributed by atoms with Crippen LogP contribution in [0.2, 0.25) is 0 Å². The Labute approximate surface area is 159 Å². The molecule has 0 saturated carbocycles. The minimum atomic E-state index is -0.823. The Balaban J connectivity index is 2.21. The Morgan fingerprint density at radius 3 is 2.44 bits per heavy atom. The first-order valence-corrected chi connectivity index (χ1v) is 8.89. The number of hydrogen-bond donors (Lipinski definition) is 1. The van der Waals surface area contributed by atoms with E-state index >= 15 is 0 Å². The van der Waals surface area contributed by atoms with E-state index in [9.17, 15) is 9.59 Å². The first-order valence-electron chi connectivity index (χ1n) is 8.89. The number of ether oxygens (including phenoxy) is 1. The SMILES string of the molecule is COCC(C)N(C)C(=O)c1ccc(-n2nc(C)c(CCC(=O)O)c2C)cc1. The average molecular weight is 373 g/mol. The van der Waals surface area contributed by atoms with Crippen molar-refractivity contribution in [3.05, 3.63) is 46.8 Å². The molecule has 0 saturated heterocycles. The smallest absolute Gasteiger partial charge is 0.303 e. The molecule has 1 N–H and O–H groups in total. The first kappa shape index (κ1) is 20.6. The summed E-state index contributed by atoms with van der Waals surface area (Å²) in [4.78, 5) is 25.1. The van der Waals surface area contributed by atoms with Gasteiger partial charge in [-0.1, -0.05) is 0 Å². The van der Waals surface area contributed by atoms with Gasteiger partial charge in [-0.05, 0) is 57.0 Å². The van der Waals surface area contributed by atoms with Gasteiger partial charge in [0.1, 0.15) is 0 Å². The molecule has 1 unspecified atom stereocenters. The van der Waals surface area contributed by atoms with Gasteiger partial charge in [-0.2, -0.15) is 5.10 Å². The molecule has 146 valence electrons. The van der Waals surface area contributed by atoms with Crippen LogP contribution in [0.15, 0.2) is 24.3 Å². The number of aliphatic carboxylic acids is 1. The molecule has 0 bridgehead atoms. The number of benzene rings is 1. The Hall–Kier alpha value is -2.67. The fourth-order valence-electron chi connectivity index (χ4n) is 3.02. The Morgan fingerprint density at radius 2 is 1.89 bits per heavy atom. The van der Waals surface area contributed by atoms with Crippen molar-refractivity contribution in [3.63, 3.8) is 0 Å². The monoisotopic (exact) mass is 373 g/mol. The van der Waals surface area contributed by atoms with Gasteiger partial charge in [-0.25, -0.2) is 4.68 Å². The normalized spacial score (nSPS) is 12.0. The van der Waals surface area contributed by atoms with Gasteiger partial charge in [0, 0.05) is 31.8 Å². The van der Waals surface area contributed by atoms with Gasteiger partial charge < -0.3 is 14.7 Å². The van der Waals surface area contributed by atoms with Crippen molar-refractivity contribution in [1.82, 2.24) is 14.7 Å². The number of carbonyl (C=O) groups excluding carboxylic acids is 1. The standard InChI is InChI=1S/C20H27N3O4/c1-13(12-27-5)22(4)20(26)16-6-8-17(9-7-16)23-15(3)18(14(2)21-23)10-11-19(24)25/h6-9,13H,10-12H2,1-5H3,(H,24,25). The second kappa shape index (κ2) is 8.81. The lowest BCUT2D eigenvalue weighted by molar-refractivity contribution is -0.136. The van der Waals surface area contributed by atoms with Crippen LogP contribution < -0.4 is 0 Å². The molecule has 0 aliphatic rings. The van der Waals surface area contributed by atoms with Crippen molar-refractivity contribution in [2.45, 2.75) is 39.7 Å². The topological polar surface area (TPSA) is 84.7 Å². The molecule has 7 nitrogen and oxygen atoms in total. The number of likely N-dealkylation sites (N-methyl/N-ethyl adjacent to an activating group) is 1. The zero-order valence-electron chi connectivity index (χ0n) is 16.5. The summed E-state index contributed by atoms with van der Waals surface area (Å²) in [6.07, 6.45) is 0.526. The number of carboxylic acid groups (broad SMARTS) is 1. The number of aryl methyl sites for hydroxylation is 1. The van der Waals surface area contributed by atoms with Gasteiger partial charge in [0.2, 0.25) is 0 Å². The fourth-order valence-corrected chi connectivity index (χ4v) is 3.02. The molecule has 0 aliphatic heterocycles. The minimum Gasteiger partial charge on any atom is -0.481 e.